The molecule has 9 heterocycles. The minimum absolute atomic E-state index is 0.0269. The van der Waals surface area contributed by atoms with Crippen LogP contribution in [0.4, 0.5) is 14.4 Å². The van der Waals surface area contributed by atoms with Gasteiger partial charge in [0, 0.05) is 73.3 Å². The van der Waals surface area contributed by atoms with Crippen molar-refractivity contribution in [3.05, 3.63) is 120 Å². The molecule has 0 radical (unpaired) electrons. The summed E-state index contributed by atoms with van der Waals surface area (Å²) >= 11 is 0. The first-order chi connectivity index (χ1) is 46.8. The molecule has 7 aliphatic heterocycles. The number of nitrogens with one attached hydrogen (secondary N) is 4. The average molecular weight is 1320 g/mol. The SMILES string of the molecule is CC(C)(C)OC(=O)N1CCC[C@H]1C1=NC=C(c2ccc3c(c2)Oc2ccc(-c4cnc(C5CCCC5)[nH]4)cc2O3)C1.COC(=O)N[C@H](C(=O)N1CCC[C@H]1C1=NC=C(c2ccc3c(c2)Oc2ccc(-c4cnc([C@@H]5CCCN5C(=O)[C@@H](NC(=O)OC)C(C)C)[nH]4)cc2O3)C1)C(C)C. The van der Waals surface area contributed by atoms with E-state index in [2.05, 4.69) is 30.6 Å². The summed E-state index contributed by atoms with van der Waals surface area (Å²) in [6.45, 7) is 15.1. The molecule has 0 bridgehead atoms. The van der Waals surface area contributed by atoms with Crippen LogP contribution in [-0.4, -0.2) is 140 Å². The summed E-state index contributed by atoms with van der Waals surface area (Å²) in [5.74, 6) is 6.81. The number of H-pyrrole nitrogens is 2. The molecule has 4 N–H and O–H groups in total. The van der Waals surface area contributed by atoms with Crippen LogP contribution in [0.15, 0.2) is 108 Å². The standard InChI is InChI=1S/C41H49N7O8.C33H36N4O4/c1-22(2)35(45-40(51)53-5)38(49)47-15-7-9-29(47)27-17-26(20-42-27)24-11-13-31-33(18-24)55-32-14-12-25(19-34(32)56-31)28-21-43-37(44-28)30-10-8-16-48(30)39(50)36(23(3)4)46-41(52)54-6;1-33(2,3)41-32(38)37-14-6-9-26(37)24-15-23(18-34-24)21-10-12-27-29(16-21)39-28-13-11-22(17-30(28)40-27)25-19-35-31(36-25)20-7-4-5-8-20/h11-14,18-23,29-30,35-36H,7-10,15-17H2,1-6H3,(H,43,44)(H,45,51)(H,46,52);10-13,16-20,26H,4-9,14-15H2,1-3H3,(H,35,36)/t29-,30-,35-,36-;26-/m00/s1. The Balaban J connectivity index is 0.000000183. The zero-order valence-electron chi connectivity index (χ0n) is 56.5. The van der Waals surface area contributed by atoms with Gasteiger partial charge < -0.3 is 63.6 Å². The molecule has 4 fully saturated rings. The molecule has 6 aromatic rings. The number of imidazole rings is 2. The number of aromatic nitrogens is 4. The molecule has 14 rings (SSSR count). The Bertz CT molecular complexity index is 4150. The molecule has 1 saturated carbocycles. The third-order valence-electron chi connectivity index (χ3n) is 19.3. The van der Waals surface area contributed by atoms with Gasteiger partial charge in [-0.2, -0.15) is 0 Å². The van der Waals surface area contributed by atoms with Gasteiger partial charge in [0.1, 0.15) is 29.3 Å². The van der Waals surface area contributed by atoms with E-state index < -0.39 is 29.9 Å². The van der Waals surface area contributed by atoms with Crippen LogP contribution in [0.5, 0.6) is 46.0 Å². The number of ether oxygens (including phenoxy) is 7. The number of aromatic amines is 2. The van der Waals surface area contributed by atoms with Gasteiger partial charge in [-0.05, 0) is 167 Å². The first kappa shape index (κ1) is 65.7. The Hall–Kier alpha value is -9.93. The van der Waals surface area contributed by atoms with Crippen molar-refractivity contribution in [3.63, 3.8) is 0 Å². The zero-order chi connectivity index (χ0) is 67.8. The number of alkyl carbamates (subject to hydrolysis) is 2. The number of likely N-dealkylation sites (tertiary alicyclic amines) is 3. The van der Waals surface area contributed by atoms with E-state index in [1.807, 2.05) is 150 Å². The third-order valence-corrected chi connectivity index (χ3v) is 19.3. The van der Waals surface area contributed by atoms with E-state index in [-0.39, 0.29) is 47.9 Å². The maximum atomic E-state index is 13.6. The van der Waals surface area contributed by atoms with E-state index >= 15 is 0 Å². The van der Waals surface area contributed by atoms with Gasteiger partial charge in [-0.3, -0.25) is 24.5 Å². The molecule has 23 heteroatoms. The topological polar surface area (TPSA) is 266 Å². The lowest BCUT2D eigenvalue weighted by Gasteiger charge is -2.31. The highest BCUT2D eigenvalue weighted by Gasteiger charge is 2.41. The molecule has 0 unspecified atom stereocenters. The summed E-state index contributed by atoms with van der Waals surface area (Å²) in [6.07, 6.45) is 17.3. The van der Waals surface area contributed by atoms with Crippen molar-refractivity contribution in [2.24, 2.45) is 21.8 Å². The molecule has 23 nitrogen and oxygen atoms in total. The molecule has 5 atom stereocenters. The predicted octanol–water partition coefficient (Wildman–Crippen LogP) is 14.8. The number of aliphatic imine (C=N–C) groups is 2. The van der Waals surface area contributed by atoms with Gasteiger partial charge in [-0.1, -0.05) is 52.7 Å². The van der Waals surface area contributed by atoms with Crippen LogP contribution in [0, 0.1) is 11.8 Å². The molecular weight excluding hydrogens is 1230 g/mol. The number of hydrogen-bond donors (Lipinski definition) is 4. The van der Waals surface area contributed by atoms with Crippen molar-refractivity contribution < 1.29 is 57.1 Å². The van der Waals surface area contributed by atoms with Crippen molar-refractivity contribution in [1.82, 2.24) is 45.3 Å². The fraction of sp³-hybridized carbons (Fsp3) is 0.446. The predicted molar refractivity (Wildman–Crippen MR) is 365 cm³/mol. The minimum atomic E-state index is -0.711. The maximum Gasteiger partial charge on any atom is 0.410 e. The number of fused-ring (bicyclic) bond motifs is 4. The van der Waals surface area contributed by atoms with E-state index in [1.165, 1.54) is 39.9 Å². The molecule has 3 saturated heterocycles. The highest BCUT2D eigenvalue weighted by molar-refractivity contribution is 6.04. The number of carbonyl (C=O) groups is 5. The van der Waals surface area contributed by atoms with E-state index in [9.17, 15) is 24.0 Å². The molecule has 97 heavy (non-hydrogen) atoms. The summed E-state index contributed by atoms with van der Waals surface area (Å²) < 4.78 is 40.4. The third kappa shape index (κ3) is 14.1. The van der Waals surface area contributed by atoms with Crippen LogP contribution in [0.1, 0.15) is 160 Å². The first-order valence-corrected chi connectivity index (χ1v) is 34.0. The summed E-state index contributed by atoms with van der Waals surface area (Å²) in [7, 11) is 2.57. The van der Waals surface area contributed by atoms with Crippen molar-refractivity contribution in [1.29, 1.82) is 0 Å². The fourth-order valence-electron chi connectivity index (χ4n) is 14.2. The number of methoxy groups -OCH3 is 2. The van der Waals surface area contributed by atoms with Crippen LogP contribution in [0.3, 0.4) is 0 Å². The average Bonchev–Trinajstić information content (AvgIpc) is 1.63. The number of rotatable bonds is 14. The second kappa shape index (κ2) is 27.7. The Kier molecular flexibility index (Phi) is 18.7. The van der Waals surface area contributed by atoms with Crippen LogP contribution in [0.2, 0.25) is 0 Å². The quantitative estimate of drug-likeness (QED) is 0.0738. The first-order valence-electron chi connectivity index (χ1n) is 34.0. The molecule has 4 aromatic carbocycles. The Morgan fingerprint density at radius 1 is 0.505 bits per heavy atom. The van der Waals surface area contributed by atoms with Crippen molar-refractivity contribution >= 4 is 52.7 Å². The summed E-state index contributed by atoms with van der Waals surface area (Å²) in [6, 6.07) is 21.7. The molecule has 1 aliphatic carbocycles. The molecule has 508 valence electrons. The van der Waals surface area contributed by atoms with Crippen LogP contribution >= 0.6 is 0 Å². The second-order valence-electron chi connectivity index (χ2n) is 27.7. The summed E-state index contributed by atoms with van der Waals surface area (Å²) in [4.78, 5) is 95.2. The number of allylic oxidation sites excluding steroid dienone is 2. The van der Waals surface area contributed by atoms with Crippen molar-refractivity contribution in [2.75, 3.05) is 33.9 Å². The zero-order valence-corrected chi connectivity index (χ0v) is 56.5. The summed E-state index contributed by atoms with van der Waals surface area (Å²) in [5, 5.41) is 5.39. The van der Waals surface area contributed by atoms with Crippen molar-refractivity contribution in [3.8, 4) is 68.5 Å². The molecular formula is C74H85N11O12. The van der Waals surface area contributed by atoms with Crippen LogP contribution in [-0.2, 0) is 23.8 Å². The number of nitrogens with zero attached hydrogens (tertiary/aromatic N) is 7. The number of hydrogen-bond acceptors (Lipinski definition) is 16. The lowest BCUT2D eigenvalue weighted by Crippen LogP contribution is -2.53. The van der Waals surface area contributed by atoms with E-state index in [1.54, 1.807) is 11.1 Å². The fourth-order valence-corrected chi connectivity index (χ4v) is 14.2. The largest absolute Gasteiger partial charge is 0.453 e. The Labute approximate surface area is 564 Å². The lowest BCUT2D eigenvalue weighted by molar-refractivity contribution is -0.135. The Morgan fingerprint density at radius 3 is 1.34 bits per heavy atom. The highest BCUT2D eigenvalue weighted by atomic mass is 16.6. The Morgan fingerprint density at radius 2 is 0.897 bits per heavy atom. The van der Waals surface area contributed by atoms with Gasteiger partial charge in [0.15, 0.2) is 46.0 Å². The molecule has 5 amide bonds. The number of carbonyl (C=O) groups excluding carboxylic acids is 5. The molecule has 2 aromatic heterocycles. The van der Waals surface area contributed by atoms with Gasteiger partial charge >= 0.3 is 18.3 Å². The maximum absolute atomic E-state index is 13.6. The van der Waals surface area contributed by atoms with Crippen molar-refractivity contribution in [2.45, 2.75) is 167 Å². The van der Waals surface area contributed by atoms with Crippen LogP contribution < -0.4 is 29.6 Å². The van der Waals surface area contributed by atoms with E-state index in [4.69, 9.17) is 43.1 Å². The second-order valence-corrected chi connectivity index (χ2v) is 27.7. The van der Waals surface area contributed by atoms with Gasteiger partial charge in [0.25, 0.3) is 0 Å². The number of benzene rings is 4. The lowest BCUT2D eigenvalue weighted by atomic mass is 9.97. The van der Waals surface area contributed by atoms with Gasteiger partial charge in [0.05, 0.1) is 56.1 Å². The van der Waals surface area contributed by atoms with Gasteiger partial charge in [-0.25, -0.2) is 24.4 Å². The smallest absolute Gasteiger partial charge is 0.410 e. The monoisotopic (exact) mass is 1320 g/mol. The van der Waals surface area contributed by atoms with E-state index in [0.29, 0.717) is 90.2 Å². The molecule has 8 aliphatic rings. The summed E-state index contributed by atoms with van der Waals surface area (Å²) in [5.41, 5.74) is 9.13. The highest BCUT2D eigenvalue weighted by Crippen LogP contribution is 2.50. The van der Waals surface area contributed by atoms with Crippen LogP contribution in [0.25, 0.3) is 33.7 Å². The van der Waals surface area contributed by atoms with Gasteiger partial charge in [-0.15, -0.1) is 0 Å². The minimum Gasteiger partial charge on any atom is -0.453 e. The van der Waals surface area contributed by atoms with E-state index in [0.717, 1.165) is 101 Å². The number of amides is 5. The normalized spacial score (nSPS) is 19.9. The molecule has 0 spiro atoms. The van der Waals surface area contributed by atoms with Gasteiger partial charge in [0.2, 0.25) is 11.8 Å².